The van der Waals surface area contributed by atoms with E-state index in [1.54, 1.807) is 6.92 Å². The number of esters is 1. The molecule has 0 N–H and O–H groups in total. The number of hydrogen-bond donors (Lipinski definition) is 0. The molecule has 0 aromatic rings. The zero-order chi connectivity index (χ0) is 24.4. The van der Waals surface area contributed by atoms with E-state index in [2.05, 4.69) is 20.4 Å². The number of unbranched alkanes of at least 4 members (excludes halogenated alkanes) is 18. The van der Waals surface area contributed by atoms with Gasteiger partial charge in [-0.15, -0.1) is 0 Å². The first kappa shape index (κ1) is 32.2. The van der Waals surface area contributed by atoms with Crippen molar-refractivity contribution in [1.29, 1.82) is 0 Å². The van der Waals surface area contributed by atoms with E-state index in [1.165, 1.54) is 116 Å². The van der Waals surface area contributed by atoms with Gasteiger partial charge >= 0.3 is 5.97 Å². The summed E-state index contributed by atoms with van der Waals surface area (Å²) < 4.78 is 11.5. The van der Waals surface area contributed by atoms with Crippen LogP contribution in [0.25, 0.3) is 0 Å². The van der Waals surface area contributed by atoms with Crippen LogP contribution >= 0.6 is 0 Å². The molecule has 0 saturated carbocycles. The summed E-state index contributed by atoms with van der Waals surface area (Å²) in [6.07, 6.45) is 27.7. The lowest BCUT2D eigenvalue weighted by molar-refractivity contribution is -0.143. The molecule has 0 radical (unpaired) electrons. The molecule has 3 heteroatoms. The molecule has 0 heterocycles. The molecule has 0 aliphatic heterocycles. The van der Waals surface area contributed by atoms with Crippen molar-refractivity contribution < 1.29 is 14.3 Å². The molecular formula is C30H58O3. The Balaban J connectivity index is 3.80. The van der Waals surface area contributed by atoms with E-state index in [0.717, 1.165) is 25.9 Å². The fraction of sp³-hybridized carbons (Fsp3) is 0.900. The highest BCUT2D eigenvalue weighted by Gasteiger charge is 2.13. The van der Waals surface area contributed by atoms with Gasteiger partial charge in [-0.2, -0.15) is 0 Å². The van der Waals surface area contributed by atoms with Gasteiger partial charge in [0.25, 0.3) is 0 Å². The second-order valence-corrected chi connectivity index (χ2v) is 10.0. The van der Waals surface area contributed by atoms with E-state index in [9.17, 15) is 4.79 Å². The Kier molecular flexibility index (Phi) is 25.1. The largest absolute Gasteiger partial charge is 0.460 e. The highest BCUT2D eigenvalue weighted by Crippen LogP contribution is 2.15. The van der Waals surface area contributed by atoms with E-state index in [4.69, 9.17) is 9.47 Å². The van der Waals surface area contributed by atoms with E-state index < -0.39 is 0 Å². The van der Waals surface area contributed by atoms with Gasteiger partial charge in [-0.05, 0) is 19.8 Å². The predicted octanol–water partition coefficient (Wildman–Crippen LogP) is 9.72. The SMILES string of the molecule is C=C(C)C(=O)OCC(CCCCCCCCCC)OCCCCCCCCCCCCCC. The first-order chi connectivity index (χ1) is 16.1. The summed E-state index contributed by atoms with van der Waals surface area (Å²) in [6.45, 7) is 11.1. The summed E-state index contributed by atoms with van der Waals surface area (Å²) in [7, 11) is 0. The van der Waals surface area contributed by atoms with E-state index in [-0.39, 0.29) is 12.1 Å². The molecule has 33 heavy (non-hydrogen) atoms. The predicted molar refractivity (Wildman–Crippen MR) is 144 cm³/mol. The smallest absolute Gasteiger partial charge is 0.333 e. The molecule has 0 aromatic carbocycles. The van der Waals surface area contributed by atoms with Gasteiger partial charge in [0.15, 0.2) is 0 Å². The Morgan fingerprint density at radius 1 is 0.636 bits per heavy atom. The van der Waals surface area contributed by atoms with Crippen LogP contribution in [-0.4, -0.2) is 25.3 Å². The first-order valence-electron chi connectivity index (χ1n) is 14.6. The van der Waals surface area contributed by atoms with Gasteiger partial charge < -0.3 is 9.47 Å². The van der Waals surface area contributed by atoms with Crippen molar-refractivity contribution in [3.63, 3.8) is 0 Å². The van der Waals surface area contributed by atoms with Crippen LogP contribution < -0.4 is 0 Å². The van der Waals surface area contributed by atoms with Crippen molar-refractivity contribution in [3.05, 3.63) is 12.2 Å². The Morgan fingerprint density at radius 3 is 1.45 bits per heavy atom. The minimum Gasteiger partial charge on any atom is -0.460 e. The molecule has 196 valence electrons. The molecular weight excluding hydrogens is 408 g/mol. The average molecular weight is 467 g/mol. The minimum atomic E-state index is -0.301. The molecule has 0 rings (SSSR count). The molecule has 0 bridgehead atoms. The van der Waals surface area contributed by atoms with Crippen LogP contribution in [0, 0.1) is 0 Å². The van der Waals surface area contributed by atoms with Crippen molar-refractivity contribution in [3.8, 4) is 0 Å². The monoisotopic (exact) mass is 466 g/mol. The molecule has 0 aromatic heterocycles. The van der Waals surface area contributed by atoms with Crippen LogP contribution in [0.5, 0.6) is 0 Å². The third kappa shape index (κ3) is 24.1. The molecule has 1 unspecified atom stereocenters. The Bertz CT molecular complexity index is 432. The molecule has 0 aliphatic rings. The average Bonchev–Trinajstić information content (AvgIpc) is 2.81. The number of carbonyl (C=O) groups excluding carboxylic acids is 1. The van der Waals surface area contributed by atoms with Gasteiger partial charge in [0.05, 0.1) is 6.10 Å². The molecule has 0 amide bonds. The van der Waals surface area contributed by atoms with Crippen molar-refractivity contribution in [2.45, 2.75) is 162 Å². The summed E-state index contributed by atoms with van der Waals surface area (Å²) >= 11 is 0. The fourth-order valence-corrected chi connectivity index (χ4v) is 4.21. The Hall–Kier alpha value is -0.830. The molecule has 0 aliphatic carbocycles. The second kappa shape index (κ2) is 25.8. The maximum atomic E-state index is 11.8. The summed E-state index contributed by atoms with van der Waals surface area (Å²) in [5.74, 6) is -0.301. The number of carbonyl (C=O) groups is 1. The molecule has 0 fully saturated rings. The lowest BCUT2D eigenvalue weighted by Crippen LogP contribution is -2.23. The van der Waals surface area contributed by atoms with Crippen LogP contribution in [0.3, 0.4) is 0 Å². The minimum absolute atomic E-state index is 0.0288. The molecule has 0 spiro atoms. The third-order valence-corrected chi connectivity index (χ3v) is 6.48. The zero-order valence-corrected chi connectivity index (χ0v) is 22.8. The number of hydrogen-bond acceptors (Lipinski definition) is 3. The van der Waals surface area contributed by atoms with Crippen molar-refractivity contribution in [2.24, 2.45) is 0 Å². The van der Waals surface area contributed by atoms with Crippen molar-refractivity contribution in [2.75, 3.05) is 13.2 Å². The summed E-state index contributed by atoms with van der Waals surface area (Å²) in [5, 5.41) is 0. The summed E-state index contributed by atoms with van der Waals surface area (Å²) in [5.41, 5.74) is 0.460. The number of rotatable bonds is 26. The highest BCUT2D eigenvalue weighted by atomic mass is 16.6. The number of ether oxygens (including phenoxy) is 2. The van der Waals surface area contributed by atoms with E-state index >= 15 is 0 Å². The topological polar surface area (TPSA) is 35.5 Å². The van der Waals surface area contributed by atoms with Gasteiger partial charge in [-0.3, -0.25) is 0 Å². The lowest BCUT2D eigenvalue weighted by Gasteiger charge is -2.18. The molecule has 0 saturated heterocycles. The van der Waals surface area contributed by atoms with Crippen LogP contribution in [0.2, 0.25) is 0 Å². The molecule has 3 nitrogen and oxygen atoms in total. The van der Waals surface area contributed by atoms with Gasteiger partial charge in [0.2, 0.25) is 0 Å². The fourth-order valence-electron chi connectivity index (χ4n) is 4.21. The Labute approximate surface area is 207 Å². The molecule has 1 atom stereocenters. The van der Waals surface area contributed by atoms with Gasteiger partial charge in [0, 0.05) is 12.2 Å². The van der Waals surface area contributed by atoms with Gasteiger partial charge in [-0.25, -0.2) is 4.79 Å². The van der Waals surface area contributed by atoms with Crippen LogP contribution in [-0.2, 0) is 14.3 Å². The van der Waals surface area contributed by atoms with Crippen LogP contribution in [0.1, 0.15) is 156 Å². The quantitative estimate of drug-likeness (QED) is 0.0722. The normalized spacial score (nSPS) is 12.1. The maximum absolute atomic E-state index is 11.8. The van der Waals surface area contributed by atoms with Crippen LogP contribution in [0.4, 0.5) is 0 Å². The van der Waals surface area contributed by atoms with Crippen molar-refractivity contribution in [1.82, 2.24) is 0 Å². The standard InChI is InChI=1S/C30H58O3/c1-5-7-9-11-13-15-16-17-18-20-22-24-26-32-29(27-33-30(31)28(3)4)25-23-21-19-14-12-10-8-6-2/h29H,3,5-27H2,1-2,4H3. The van der Waals surface area contributed by atoms with E-state index in [1.807, 2.05) is 0 Å². The van der Waals surface area contributed by atoms with Crippen molar-refractivity contribution >= 4 is 5.97 Å². The maximum Gasteiger partial charge on any atom is 0.333 e. The highest BCUT2D eigenvalue weighted by molar-refractivity contribution is 5.86. The van der Waals surface area contributed by atoms with Crippen LogP contribution in [0.15, 0.2) is 12.2 Å². The zero-order valence-electron chi connectivity index (χ0n) is 22.8. The summed E-state index contributed by atoms with van der Waals surface area (Å²) in [4.78, 5) is 11.8. The Morgan fingerprint density at radius 2 is 1.03 bits per heavy atom. The summed E-state index contributed by atoms with van der Waals surface area (Å²) in [6, 6.07) is 0. The van der Waals surface area contributed by atoms with Gasteiger partial charge in [0.1, 0.15) is 6.61 Å². The first-order valence-corrected chi connectivity index (χ1v) is 14.6. The lowest BCUT2D eigenvalue weighted by atomic mass is 10.1. The van der Waals surface area contributed by atoms with E-state index in [0.29, 0.717) is 12.2 Å². The third-order valence-electron chi connectivity index (χ3n) is 6.48. The second-order valence-electron chi connectivity index (χ2n) is 10.0. The van der Waals surface area contributed by atoms with Gasteiger partial charge in [-0.1, -0.05) is 142 Å².